The molecule has 6 nitrogen and oxygen atoms in total. The average Bonchev–Trinajstić information content (AvgIpc) is 3.70. The molecule has 0 radical (unpaired) electrons. The summed E-state index contributed by atoms with van der Waals surface area (Å²) in [5, 5.41) is 20.3. The molecule has 0 fully saturated rings. The van der Waals surface area contributed by atoms with Crippen LogP contribution in [0.3, 0.4) is 0 Å². The van der Waals surface area contributed by atoms with Crippen molar-refractivity contribution in [2.75, 3.05) is 0 Å². The molecule has 5 aliphatic rings. The highest BCUT2D eigenvalue weighted by molar-refractivity contribution is 6.34. The number of rotatable bonds is 2. The summed E-state index contributed by atoms with van der Waals surface area (Å²) >= 11 is 0. The molecular formula is C32H20N4O2. The van der Waals surface area contributed by atoms with E-state index < -0.39 is 0 Å². The molecule has 38 heavy (non-hydrogen) atoms. The molecule has 8 bridgehead atoms. The van der Waals surface area contributed by atoms with Gasteiger partial charge in [0.1, 0.15) is 11.5 Å². The fraction of sp³-hybridized carbons (Fsp3) is 0. The van der Waals surface area contributed by atoms with Gasteiger partial charge in [-0.15, -0.1) is 0 Å². The van der Waals surface area contributed by atoms with Gasteiger partial charge in [-0.25, -0.2) is 20.0 Å². The first-order valence-electron chi connectivity index (χ1n) is 12.2. The highest BCUT2D eigenvalue weighted by atomic mass is 16.3. The van der Waals surface area contributed by atoms with Crippen LogP contribution in [0.5, 0.6) is 11.5 Å². The standard InChI is InChI=1S/C32H20N4O2/c37-25-5-1-3-19(15-25)31-27-11-7-21(33-27)17-23-9-13-29(35-23)32(20-4-2-6-26(38)16-20)30-14-10-24(36-30)18-22-8-12-28(31)34-22/h1-18,37-38H. The van der Waals surface area contributed by atoms with Crippen molar-refractivity contribution in [3.05, 3.63) is 143 Å². The summed E-state index contributed by atoms with van der Waals surface area (Å²) in [4.78, 5) is 19.5. The van der Waals surface area contributed by atoms with Crippen LogP contribution in [0.15, 0.2) is 152 Å². The number of nitrogens with zero attached hydrogens (tertiary/aromatic N) is 4. The van der Waals surface area contributed by atoms with E-state index in [-0.39, 0.29) is 11.5 Å². The lowest BCUT2D eigenvalue weighted by atomic mass is 9.98. The van der Waals surface area contributed by atoms with E-state index in [9.17, 15) is 10.2 Å². The third-order valence-electron chi connectivity index (χ3n) is 6.53. The molecule has 0 saturated carbocycles. The first-order valence-corrected chi connectivity index (χ1v) is 12.2. The maximum absolute atomic E-state index is 10.2. The van der Waals surface area contributed by atoms with Crippen molar-refractivity contribution in [1.29, 1.82) is 0 Å². The minimum absolute atomic E-state index is 0.180. The Bertz CT molecular complexity index is 1680. The Kier molecular flexibility index (Phi) is 4.97. The zero-order valence-corrected chi connectivity index (χ0v) is 20.1. The number of benzene rings is 2. The van der Waals surface area contributed by atoms with E-state index in [0.29, 0.717) is 0 Å². The van der Waals surface area contributed by atoms with Crippen molar-refractivity contribution in [3.63, 3.8) is 0 Å². The molecule has 2 aromatic carbocycles. The molecule has 2 N–H and O–H groups in total. The number of allylic oxidation sites excluding steroid dienone is 12. The third-order valence-corrected chi connectivity index (χ3v) is 6.53. The molecule has 0 atom stereocenters. The van der Waals surface area contributed by atoms with Gasteiger partial charge in [-0.3, -0.25) is 0 Å². The van der Waals surface area contributed by atoms with E-state index in [1.54, 1.807) is 24.3 Å². The molecule has 0 amide bonds. The molecule has 0 saturated heterocycles. The van der Waals surface area contributed by atoms with Crippen LogP contribution in [-0.4, -0.2) is 33.1 Å². The minimum atomic E-state index is 0.180. The predicted molar refractivity (Wildman–Crippen MR) is 153 cm³/mol. The van der Waals surface area contributed by atoms with Gasteiger partial charge in [0.15, 0.2) is 0 Å². The molecule has 6 heteroatoms. The van der Waals surface area contributed by atoms with E-state index in [2.05, 4.69) is 0 Å². The molecule has 7 rings (SSSR count). The van der Waals surface area contributed by atoms with E-state index in [1.807, 2.05) is 85.0 Å². The largest absolute Gasteiger partial charge is 0.508 e. The number of aliphatic imine (C=N–C) groups is 4. The topological polar surface area (TPSA) is 89.9 Å². The first-order chi connectivity index (χ1) is 18.6. The molecular weight excluding hydrogens is 472 g/mol. The van der Waals surface area contributed by atoms with Gasteiger partial charge in [-0.1, -0.05) is 24.3 Å². The maximum atomic E-state index is 10.2. The number of phenolic OH excluding ortho intramolecular Hbond substituents is 2. The highest BCUT2D eigenvalue weighted by Gasteiger charge is 2.22. The zero-order chi connectivity index (χ0) is 25.6. The summed E-state index contributed by atoms with van der Waals surface area (Å²) in [5.41, 5.74) is 9.40. The van der Waals surface area contributed by atoms with Crippen molar-refractivity contribution in [1.82, 2.24) is 0 Å². The zero-order valence-electron chi connectivity index (χ0n) is 20.1. The van der Waals surface area contributed by atoms with Crippen LogP contribution in [0.1, 0.15) is 11.1 Å². The number of phenols is 2. The molecule has 0 spiro atoms. The second-order valence-corrected chi connectivity index (χ2v) is 9.16. The van der Waals surface area contributed by atoms with Gasteiger partial charge in [-0.2, -0.15) is 0 Å². The van der Waals surface area contributed by atoms with Gasteiger partial charge < -0.3 is 10.2 Å². The van der Waals surface area contributed by atoms with Crippen LogP contribution < -0.4 is 0 Å². The SMILES string of the molecule is Oc1cccc(C2=C3C=CC(=N3)C=C3C=CC(=N3)C(c3cccc(O)c3)=C3C=CC(=N3)C=C3C=CC2=N3)c1. The second-order valence-electron chi connectivity index (χ2n) is 9.16. The van der Waals surface area contributed by atoms with Crippen LogP contribution in [0.4, 0.5) is 0 Å². The van der Waals surface area contributed by atoms with Gasteiger partial charge in [0.25, 0.3) is 0 Å². The van der Waals surface area contributed by atoms with Gasteiger partial charge >= 0.3 is 0 Å². The summed E-state index contributed by atoms with van der Waals surface area (Å²) in [7, 11) is 0. The van der Waals surface area contributed by atoms with E-state index >= 15 is 0 Å². The monoisotopic (exact) mass is 492 g/mol. The van der Waals surface area contributed by atoms with Gasteiger partial charge in [0, 0.05) is 11.1 Å². The predicted octanol–water partition coefficient (Wildman–Crippen LogP) is 6.04. The van der Waals surface area contributed by atoms with E-state index in [1.165, 1.54) is 0 Å². The third kappa shape index (κ3) is 3.94. The lowest BCUT2D eigenvalue weighted by Gasteiger charge is -2.09. The summed E-state index contributed by atoms with van der Waals surface area (Å²) in [5.74, 6) is 0.360. The smallest absolute Gasteiger partial charge is 0.116 e. The maximum Gasteiger partial charge on any atom is 0.116 e. The summed E-state index contributed by atoms with van der Waals surface area (Å²) in [6, 6.07) is 14.2. The van der Waals surface area contributed by atoms with Gasteiger partial charge in [0.05, 0.1) is 45.6 Å². The van der Waals surface area contributed by atoms with Crippen LogP contribution in [-0.2, 0) is 0 Å². The summed E-state index contributed by atoms with van der Waals surface area (Å²) in [6.07, 6.45) is 19.5. The molecule has 5 aliphatic heterocycles. The van der Waals surface area contributed by atoms with Crippen molar-refractivity contribution < 1.29 is 10.2 Å². The normalized spacial score (nSPS) is 19.1. The molecule has 0 aromatic heterocycles. The van der Waals surface area contributed by atoms with Crippen LogP contribution in [0.2, 0.25) is 0 Å². The molecule has 0 aliphatic carbocycles. The van der Waals surface area contributed by atoms with Crippen molar-refractivity contribution >= 4 is 34.0 Å². The Labute approximate surface area is 218 Å². The van der Waals surface area contributed by atoms with Gasteiger partial charge in [-0.05, 0) is 96.2 Å². The van der Waals surface area contributed by atoms with E-state index in [0.717, 1.165) is 67.9 Å². The Morgan fingerprint density at radius 3 is 1.39 bits per heavy atom. The second kappa shape index (κ2) is 8.64. The van der Waals surface area contributed by atoms with Crippen LogP contribution in [0, 0.1) is 0 Å². The van der Waals surface area contributed by atoms with Crippen LogP contribution in [0.25, 0.3) is 11.1 Å². The summed E-state index contributed by atoms with van der Waals surface area (Å²) in [6.45, 7) is 0. The van der Waals surface area contributed by atoms with E-state index in [4.69, 9.17) is 20.0 Å². The lowest BCUT2D eigenvalue weighted by Crippen LogP contribution is -2.00. The molecule has 0 unspecified atom stereocenters. The van der Waals surface area contributed by atoms with Crippen LogP contribution >= 0.6 is 0 Å². The molecule has 180 valence electrons. The Morgan fingerprint density at radius 2 is 0.947 bits per heavy atom. The lowest BCUT2D eigenvalue weighted by molar-refractivity contribution is 0.474. The fourth-order valence-electron chi connectivity index (χ4n) is 4.87. The Hall–Kier alpha value is -5.36. The summed E-state index contributed by atoms with van der Waals surface area (Å²) < 4.78 is 0. The van der Waals surface area contributed by atoms with Crippen molar-refractivity contribution in [2.45, 2.75) is 0 Å². The van der Waals surface area contributed by atoms with Gasteiger partial charge in [0.2, 0.25) is 0 Å². The average molecular weight is 493 g/mol. The first kappa shape index (κ1) is 21.9. The minimum Gasteiger partial charge on any atom is -0.508 e. The molecule has 2 aromatic rings. The number of aromatic hydroxyl groups is 2. The number of fused-ring (bicyclic) bond motifs is 4. The van der Waals surface area contributed by atoms with Crippen molar-refractivity contribution in [3.8, 4) is 11.5 Å². The number of hydrogen-bond donors (Lipinski definition) is 2. The quantitative estimate of drug-likeness (QED) is 0.535. The fourth-order valence-corrected chi connectivity index (χ4v) is 4.87. The Morgan fingerprint density at radius 1 is 0.474 bits per heavy atom. The molecule has 5 heterocycles. The van der Waals surface area contributed by atoms with Crippen molar-refractivity contribution in [2.24, 2.45) is 20.0 Å². The number of hydrogen-bond acceptors (Lipinski definition) is 6. The highest BCUT2D eigenvalue weighted by Crippen LogP contribution is 2.33. The Balaban J connectivity index is 1.45.